The minimum Gasteiger partial charge on any atom is -0.378 e. The maximum absolute atomic E-state index is 12.3. The quantitative estimate of drug-likeness (QED) is 0.772. The number of amides is 1. The molecule has 3 heterocycles. The zero-order chi connectivity index (χ0) is 11.7. The van der Waals surface area contributed by atoms with Crippen LogP contribution in [0.2, 0.25) is 0 Å². The number of hydrogen-bond acceptors (Lipinski definition) is 3. The number of rotatable bonds is 2. The summed E-state index contributed by atoms with van der Waals surface area (Å²) < 4.78 is 5.56. The van der Waals surface area contributed by atoms with Crippen LogP contribution in [0.5, 0.6) is 0 Å². The normalized spacial score (nSPS) is 37.2. The summed E-state index contributed by atoms with van der Waals surface area (Å²) >= 11 is 0. The number of hydrogen-bond donors (Lipinski definition) is 1. The second-order valence-electron chi connectivity index (χ2n) is 5.55. The number of ether oxygens (including phenoxy) is 1. The van der Waals surface area contributed by atoms with Crippen LogP contribution in [-0.2, 0) is 9.53 Å². The molecule has 0 aromatic rings. The molecule has 0 radical (unpaired) electrons. The number of nitrogens with one attached hydrogen (secondary N) is 1. The highest BCUT2D eigenvalue weighted by Crippen LogP contribution is 2.28. The van der Waals surface area contributed by atoms with Crippen molar-refractivity contribution in [3.8, 4) is 0 Å². The van der Waals surface area contributed by atoms with Crippen LogP contribution in [0.3, 0.4) is 0 Å². The molecule has 4 nitrogen and oxygen atoms in total. The van der Waals surface area contributed by atoms with Crippen LogP contribution in [0, 0.1) is 5.92 Å². The summed E-state index contributed by atoms with van der Waals surface area (Å²) in [5.41, 5.74) is 0. The topological polar surface area (TPSA) is 41.6 Å². The highest BCUT2D eigenvalue weighted by atomic mass is 16.5. The maximum Gasteiger partial charge on any atom is 0.225 e. The molecule has 1 N–H and O–H groups in total. The van der Waals surface area contributed by atoms with Gasteiger partial charge in [-0.25, -0.2) is 0 Å². The lowest BCUT2D eigenvalue weighted by Gasteiger charge is -2.37. The predicted octanol–water partition coefficient (Wildman–Crippen LogP) is 0.766. The molecule has 3 saturated heterocycles. The zero-order valence-corrected chi connectivity index (χ0v) is 10.4. The first-order valence-corrected chi connectivity index (χ1v) is 6.96. The number of fused-ring (bicyclic) bond motifs is 1. The third kappa shape index (κ3) is 2.33. The number of carbonyl (C=O) groups is 1. The van der Waals surface area contributed by atoms with E-state index in [4.69, 9.17) is 4.74 Å². The molecule has 1 amide bonds. The Labute approximate surface area is 103 Å². The van der Waals surface area contributed by atoms with E-state index in [1.807, 2.05) is 0 Å². The summed E-state index contributed by atoms with van der Waals surface area (Å²) in [7, 11) is 0. The van der Waals surface area contributed by atoms with E-state index in [0.29, 0.717) is 24.3 Å². The molecule has 4 heteroatoms. The van der Waals surface area contributed by atoms with Crippen LogP contribution in [0.1, 0.15) is 32.1 Å². The van der Waals surface area contributed by atoms with Gasteiger partial charge in [-0.15, -0.1) is 0 Å². The van der Waals surface area contributed by atoms with E-state index in [2.05, 4.69) is 10.2 Å². The van der Waals surface area contributed by atoms with Crippen LogP contribution in [-0.4, -0.2) is 49.2 Å². The van der Waals surface area contributed by atoms with Crippen molar-refractivity contribution in [2.24, 2.45) is 5.92 Å². The standard InChI is InChI=1S/C13H22N2O2/c16-13(7-11-4-2-6-17-11)15-5-1-3-10-8-14-9-12(10)15/h10-12,14H,1-9H2. The highest BCUT2D eigenvalue weighted by Gasteiger charge is 2.37. The number of piperidine rings is 1. The van der Waals surface area contributed by atoms with Gasteiger partial charge in [0.15, 0.2) is 0 Å². The number of likely N-dealkylation sites (tertiary alicyclic amines) is 1. The molecule has 0 saturated carbocycles. The Morgan fingerprint density at radius 1 is 1.29 bits per heavy atom. The fraction of sp³-hybridized carbons (Fsp3) is 0.923. The van der Waals surface area contributed by atoms with Crippen LogP contribution >= 0.6 is 0 Å². The van der Waals surface area contributed by atoms with E-state index in [9.17, 15) is 4.79 Å². The summed E-state index contributed by atoms with van der Waals surface area (Å²) in [4.78, 5) is 14.4. The summed E-state index contributed by atoms with van der Waals surface area (Å²) in [6, 6.07) is 0.456. The Hall–Kier alpha value is -0.610. The first-order chi connectivity index (χ1) is 8.34. The molecule has 96 valence electrons. The van der Waals surface area contributed by atoms with Gasteiger partial charge < -0.3 is 15.0 Å². The van der Waals surface area contributed by atoms with Gasteiger partial charge in [0.25, 0.3) is 0 Å². The van der Waals surface area contributed by atoms with E-state index in [1.54, 1.807) is 0 Å². The third-order valence-corrected chi connectivity index (χ3v) is 4.43. The molecule has 3 aliphatic rings. The largest absolute Gasteiger partial charge is 0.378 e. The van der Waals surface area contributed by atoms with Gasteiger partial charge in [-0.1, -0.05) is 0 Å². The second-order valence-corrected chi connectivity index (χ2v) is 5.55. The summed E-state index contributed by atoms with van der Waals surface area (Å²) in [6.07, 6.45) is 5.42. The van der Waals surface area contributed by atoms with Gasteiger partial charge in [-0.2, -0.15) is 0 Å². The smallest absolute Gasteiger partial charge is 0.225 e. The Morgan fingerprint density at radius 3 is 3.06 bits per heavy atom. The fourth-order valence-corrected chi connectivity index (χ4v) is 3.50. The van der Waals surface area contributed by atoms with Crippen molar-refractivity contribution < 1.29 is 9.53 Å². The molecule has 3 unspecified atom stereocenters. The van der Waals surface area contributed by atoms with E-state index in [0.717, 1.165) is 39.1 Å². The van der Waals surface area contributed by atoms with Gasteiger partial charge in [-0.05, 0) is 31.6 Å². The van der Waals surface area contributed by atoms with Gasteiger partial charge in [0, 0.05) is 32.3 Å². The molecule has 0 spiro atoms. The van der Waals surface area contributed by atoms with Crippen LogP contribution in [0.15, 0.2) is 0 Å². The average molecular weight is 238 g/mol. The molecular weight excluding hydrogens is 216 g/mol. The first-order valence-electron chi connectivity index (χ1n) is 6.96. The average Bonchev–Trinajstić information content (AvgIpc) is 2.97. The van der Waals surface area contributed by atoms with Crippen LogP contribution in [0.25, 0.3) is 0 Å². The first kappa shape index (κ1) is 11.5. The van der Waals surface area contributed by atoms with Crippen LogP contribution < -0.4 is 5.32 Å². The predicted molar refractivity (Wildman–Crippen MR) is 64.7 cm³/mol. The van der Waals surface area contributed by atoms with Crippen molar-refractivity contribution >= 4 is 5.91 Å². The van der Waals surface area contributed by atoms with E-state index in [1.165, 1.54) is 12.8 Å². The molecule has 3 atom stereocenters. The Balaban J connectivity index is 1.59. The number of carbonyl (C=O) groups excluding carboxylic acids is 1. The lowest BCUT2D eigenvalue weighted by molar-refractivity contribution is -0.137. The fourth-order valence-electron chi connectivity index (χ4n) is 3.50. The van der Waals surface area contributed by atoms with Crippen molar-refractivity contribution in [3.63, 3.8) is 0 Å². The van der Waals surface area contributed by atoms with Crippen molar-refractivity contribution in [2.45, 2.75) is 44.2 Å². The van der Waals surface area contributed by atoms with Crippen molar-refractivity contribution in [3.05, 3.63) is 0 Å². The van der Waals surface area contributed by atoms with Gasteiger partial charge in [0.2, 0.25) is 5.91 Å². The van der Waals surface area contributed by atoms with Gasteiger partial charge in [-0.3, -0.25) is 4.79 Å². The molecule has 0 aromatic heterocycles. The molecular formula is C13H22N2O2. The minimum atomic E-state index is 0.192. The van der Waals surface area contributed by atoms with Crippen molar-refractivity contribution in [1.29, 1.82) is 0 Å². The van der Waals surface area contributed by atoms with E-state index in [-0.39, 0.29) is 6.10 Å². The molecule has 17 heavy (non-hydrogen) atoms. The molecule has 3 aliphatic heterocycles. The molecule has 3 rings (SSSR count). The summed E-state index contributed by atoms with van der Waals surface area (Å²) in [5.74, 6) is 1.01. The van der Waals surface area contributed by atoms with Gasteiger partial charge in [0.05, 0.1) is 12.5 Å². The Bertz CT molecular complexity index is 289. The second kappa shape index (κ2) is 4.94. The SMILES string of the molecule is O=C(CC1CCCO1)N1CCCC2CNCC21. The molecule has 0 bridgehead atoms. The molecule has 0 aliphatic carbocycles. The van der Waals surface area contributed by atoms with Gasteiger partial charge >= 0.3 is 0 Å². The zero-order valence-electron chi connectivity index (χ0n) is 10.4. The highest BCUT2D eigenvalue weighted by molar-refractivity contribution is 5.77. The van der Waals surface area contributed by atoms with Crippen molar-refractivity contribution in [1.82, 2.24) is 10.2 Å². The Kier molecular flexibility index (Phi) is 3.34. The maximum atomic E-state index is 12.3. The minimum absolute atomic E-state index is 0.192. The molecule has 3 fully saturated rings. The lowest BCUT2D eigenvalue weighted by atomic mass is 9.91. The monoisotopic (exact) mass is 238 g/mol. The summed E-state index contributed by atoms with van der Waals surface area (Å²) in [6.45, 7) is 3.87. The van der Waals surface area contributed by atoms with Crippen LogP contribution in [0.4, 0.5) is 0 Å². The van der Waals surface area contributed by atoms with E-state index < -0.39 is 0 Å². The lowest BCUT2D eigenvalue weighted by Crippen LogP contribution is -2.49. The molecule has 0 aromatic carbocycles. The third-order valence-electron chi connectivity index (χ3n) is 4.43. The number of nitrogens with zero attached hydrogens (tertiary/aromatic N) is 1. The Morgan fingerprint density at radius 2 is 2.24 bits per heavy atom. The van der Waals surface area contributed by atoms with Crippen molar-refractivity contribution in [2.75, 3.05) is 26.2 Å². The summed E-state index contributed by atoms with van der Waals surface area (Å²) in [5, 5.41) is 3.42. The van der Waals surface area contributed by atoms with Gasteiger partial charge in [0.1, 0.15) is 0 Å². The van der Waals surface area contributed by atoms with E-state index >= 15 is 0 Å².